The van der Waals surface area contributed by atoms with Crippen LogP contribution in [0.4, 0.5) is 0 Å². The van der Waals surface area contributed by atoms with Gasteiger partial charge in [-0.25, -0.2) is 8.93 Å². The summed E-state index contributed by atoms with van der Waals surface area (Å²) in [5.41, 5.74) is 1.12. The molecule has 0 amide bonds. The van der Waals surface area contributed by atoms with E-state index in [4.69, 9.17) is 4.74 Å². The van der Waals surface area contributed by atoms with Crippen molar-refractivity contribution in [1.82, 2.24) is 4.72 Å². The van der Waals surface area contributed by atoms with Gasteiger partial charge in [-0.2, -0.15) is 0 Å². The molecule has 20 heavy (non-hydrogen) atoms. The monoisotopic (exact) mass is 293 g/mol. The van der Waals surface area contributed by atoms with E-state index in [1.54, 1.807) is 6.26 Å². The van der Waals surface area contributed by atoms with Crippen molar-refractivity contribution in [2.45, 2.75) is 50.5 Å². The van der Waals surface area contributed by atoms with Crippen LogP contribution in [-0.4, -0.2) is 15.1 Å². The van der Waals surface area contributed by atoms with Gasteiger partial charge in [-0.15, -0.1) is 0 Å². The van der Waals surface area contributed by atoms with Crippen LogP contribution < -0.4 is 4.72 Å². The fraction of sp³-hybridized carbons (Fsp3) is 0.500. The Morgan fingerprint density at radius 1 is 1.30 bits per heavy atom. The van der Waals surface area contributed by atoms with Crippen LogP contribution in [0.5, 0.6) is 0 Å². The fourth-order valence-electron chi connectivity index (χ4n) is 2.11. The van der Waals surface area contributed by atoms with Gasteiger partial charge in [-0.05, 0) is 45.3 Å². The Morgan fingerprint density at radius 3 is 2.55 bits per heavy atom. The van der Waals surface area contributed by atoms with Crippen molar-refractivity contribution in [1.29, 1.82) is 0 Å². The Hall–Kier alpha value is -1.13. The summed E-state index contributed by atoms with van der Waals surface area (Å²) in [6, 6.07) is 10.0. The Morgan fingerprint density at radius 2 is 2.00 bits per heavy atom. The standard InChI is InChI=1S/C16H23NO2S/c1-16(2,3)20(18)17-15(13-9-5-4-6-10-13)14-11-7-8-12-19-14/h4-6,8-10,12,14-15,17H,7,11H2,1-3H3/t14-,15+,20+/m0/s1. The van der Waals surface area contributed by atoms with Crippen LogP contribution in [-0.2, 0) is 15.7 Å². The van der Waals surface area contributed by atoms with Crippen LogP contribution in [0.1, 0.15) is 45.2 Å². The Labute approximate surface area is 124 Å². The minimum Gasteiger partial charge on any atom is -0.496 e. The number of allylic oxidation sites excluding steroid dienone is 1. The van der Waals surface area contributed by atoms with Crippen molar-refractivity contribution >= 4 is 11.0 Å². The summed E-state index contributed by atoms with van der Waals surface area (Å²) < 4.78 is 21.1. The predicted octanol–water partition coefficient (Wildman–Crippen LogP) is 3.47. The Kier molecular flexibility index (Phi) is 5.00. The third-order valence-corrected chi connectivity index (χ3v) is 4.87. The van der Waals surface area contributed by atoms with Crippen molar-refractivity contribution in [2.75, 3.05) is 0 Å². The lowest BCUT2D eigenvalue weighted by molar-refractivity contribution is 0.0939. The van der Waals surface area contributed by atoms with Crippen LogP contribution >= 0.6 is 0 Å². The first-order valence-corrected chi connectivity index (χ1v) is 8.17. The first kappa shape index (κ1) is 15.3. The molecule has 0 aromatic heterocycles. The van der Waals surface area contributed by atoms with Crippen LogP contribution in [0.2, 0.25) is 0 Å². The Balaban J connectivity index is 2.20. The highest BCUT2D eigenvalue weighted by Gasteiger charge is 2.30. The molecule has 0 saturated heterocycles. The van der Waals surface area contributed by atoms with Crippen LogP contribution in [0.25, 0.3) is 0 Å². The van der Waals surface area contributed by atoms with E-state index in [-0.39, 0.29) is 16.9 Å². The number of ether oxygens (including phenoxy) is 1. The van der Waals surface area contributed by atoms with Crippen LogP contribution in [0.15, 0.2) is 42.7 Å². The molecule has 0 saturated carbocycles. The maximum absolute atomic E-state index is 12.4. The third kappa shape index (κ3) is 3.93. The van der Waals surface area contributed by atoms with Gasteiger partial charge in [0, 0.05) is 0 Å². The van der Waals surface area contributed by atoms with Crippen molar-refractivity contribution in [2.24, 2.45) is 0 Å². The summed E-state index contributed by atoms with van der Waals surface area (Å²) in [5, 5.41) is 0. The van der Waals surface area contributed by atoms with Gasteiger partial charge in [0.05, 0.1) is 28.0 Å². The summed E-state index contributed by atoms with van der Waals surface area (Å²) in [6.45, 7) is 5.92. The van der Waals surface area contributed by atoms with E-state index in [9.17, 15) is 4.21 Å². The molecular formula is C16H23NO2S. The SMILES string of the molecule is CC(C)(C)[S@@](=O)N[C@H](c1ccccc1)[C@@H]1CCC=CO1. The quantitative estimate of drug-likeness (QED) is 0.923. The molecule has 1 N–H and O–H groups in total. The number of hydrogen-bond donors (Lipinski definition) is 1. The molecule has 3 nitrogen and oxygen atoms in total. The second-order valence-corrected chi connectivity index (χ2v) is 8.01. The maximum atomic E-state index is 12.4. The summed E-state index contributed by atoms with van der Waals surface area (Å²) in [6.07, 6.45) is 5.74. The third-order valence-electron chi connectivity index (χ3n) is 3.29. The second kappa shape index (κ2) is 6.55. The number of benzene rings is 1. The molecule has 1 aliphatic heterocycles. The van der Waals surface area contributed by atoms with E-state index in [2.05, 4.69) is 16.9 Å². The lowest BCUT2D eigenvalue weighted by atomic mass is 9.98. The average Bonchev–Trinajstić information content (AvgIpc) is 2.45. The number of hydrogen-bond acceptors (Lipinski definition) is 2. The van der Waals surface area contributed by atoms with Gasteiger partial charge in [0.15, 0.2) is 0 Å². The molecule has 0 spiro atoms. The zero-order chi connectivity index (χ0) is 14.6. The molecule has 110 valence electrons. The molecule has 3 atom stereocenters. The van der Waals surface area contributed by atoms with Gasteiger partial charge >= 0.3 is 0 Å². The first-order chi connectivity index (χ1) is 9.48. The van der Waals surface area contributed by atoms with E-state index in [1.165, 1.54) is 0 Å². The molecular weight excluding hydrogens is 270 g/mol. The summed E-state index contributed by atoms with van der Waals surface area (Å²) in [5.74, 6) is 0. The molecule has 0 fully saturated rings. The minimum absolute atomic E-state index is 0.0219. The minimum atomic E-state index is -1.12. The number of rotatable bonds is 4. The molecule has 0 radical (unpaired) electrons. The Bertz CT molecular complexity index is 479. The van der Waals surface area contributed by atoms with Gasteiger partial charge in [-0.1, -0.05) is 30.3 Å². The van der Waals surface area contributed by atoms with Crippen molar-refractivity contribution in [3.8, 4) is 0 Å². The van der Waals surface area contributed by atoms with Crippen LogP contribution in [0, 0.1) is 0 Å². The maximum Gasteiger partial charge on any atom is 0.118 e. The molecule has 0 aliphatic carbocycles. The smallest absolute Gasteiger partial charge is 0.118 e. The van der Waals surface area contributed by atoms with Gasteiger partial charge in [0.25, 0.3) is 0 Å². The van der Waals surface area contributed by atoms with Gasteiger partial charge in [-0.3, -0.25) is 0 Å². The molecule has 1 aromatic rings. The van der Waals surface area contributed by atoms with E-state index < -0.39 is 11.0 Å². The zero-order valence-corrected chi connectivity index (χ0v) is 13.2. The van der Waals surface area contributed by atoms with Gasteiger partial charge in [0.2, 0.25) is 0 Å². The average molecular weight is 293 g/mol. The largest absolute Gasteiger partial charge is 0.496 e. The molecule has 2 rings (SSSR count). The molecule has 1 aromatic carbocycles. The second-order valence-electron chi connectivity index (χ2n) is 6.01. The first-order valence-electron chi connectivity index (χ1n) is 7.02. The van der Waals surface area contributed by atoms with E-state index in [1.807, 2.05) is 45.0 Å². The van der Waals surface area contributed by atoms with Crippen LogP contribution in [0.3, 0.4) is 0 Å². The lowest BCUT2D eigenvalue weighted by Crippen LogP contribution is -2.41. The van der Waals surface area contributed by atoms with E-state index in [0.29, 0.717) is 0 Å². The zero-order valence-electron chi connectivity index (χ0n) is 12.3. The van der Waals surface area contributed by atoms with Crippen molar-refractivity contribution in [3.05, 3.63) is 48.2 Å². The molecule has 0 unspecified atom stereocenters. The predicted molar refractivity (Wildman–Crippen MR) is 83.5 cm³/mol. The number of nitrogens with one attached hydrogen (secondary N) is 1. The highest BCUT2D eigenvalue weighted by Crippen LogP contribution is 2.27. The lowest BCUT2D eigenvalue weighted by Gasteiger charge is -2.31. The molecule has 1 heterocycles. The topological polar surface area (TPSA) is 38.3 Å². The van der Waals surface area contributed by atoms with E-state index >= 15 is 0 Å². The summed E-state index contributed by atoms with van der Waals surface area (Å²) >= 11 is 0. The fourth-order valence-corrected chi connectivity index (χ4v) is 2.98. The summed E-state index contributed by atoms with van der Waals surface area (Å²) in [4.78, 5) is 0. The molecule has 1 aliphatic rings. The van der Waals surface area contributed by atoms with Gasteiger partial charge < -0.3 is 4.74 Å². The summed E-state index contributed by atoms with van der Waals surface area (Å²) in [7, 11) is -1.12. The van der Waals surface area contributed by atoms with Crippen molar-refractivity contribution in [3.63, 3.8) is 0 Å². The van der Waals surface area contributed by atoms with E-state index in [0.717, 1.165) is 18.4 Å². The molecule has 4 heteroatoms. The highest BCUT2D eigenvalue weighted by molar-refractivity contribution is 7.84. The van der Waals surface area contributed by atoms with Gasteiger partial charge in [0.1, 0.15) is 6.10 Å². The van der Waals surface area contributed by atoms with Crippen molar-refractivity contribution < 1.29 is 8.95 Å². The highest BCUT2D eigenvalue weighted by atomic mass is 32.2. The molecule has 0 bridgehead atoms. The normalized spacial score (nSPS) is 22.1.